The lowest BCUT2D eigenvalue weighted by Gasteiger charge is -2.03. The molecule has 26 heavy (non-hydrogen) atoms. The van der Waals surface area contributed by atoms with Crippen molar-refractivity contribution in [2.75, 3.05) is 6.26 Å². The van der Waals surface area contributed by atoms with Crippen molar-refractivity contribution in [3.05, 3.63) is 70.5 Å². The summed E-state index contributed by atoms with van der Waals surface area (Å²) in [5, 5.41) is 5.47. The van der Waals surface area contributed by atoms with E-state index in [0.717, 1.165) is 21.8 Å². The van der Waals surface area contributed by atoms with Gasteiger partial charge in [-0.1, -0.05) is 42.5 Å². The normalized spacial score (nSPS) is 11.3. The summed E-state index contributed by atoms with van der Waals surface area (Å²) in [6, 6.07) is 16.3. The number of hydrogen-bond acceptors (Lipinski definition) is 5. The number of rotatable bonds is 6. The number of benzene rings is 2. The van der Waals surface area contributed by atoms with Gasteiger partial charge in [0, 0.05) is 23.7 Å². The highest BCUT2D eigenvalue weighted by Gasteiger charge is 2.11. The van der Waals surface area contributed by atoms with Crippen molar-refractivity contribution in [3.8, 4) is 11.3 Å². The molecule has 1 heterocycles. The largest absolute Gasteiger partial charge is 0.352 e. The van der Waals surface area contributed by atoms with E-state index < -0.39 is 9.84 Å². The molecule has 0 radical (unpaired) electrons. The predicted octanol–water partition coefficient (Wildman–Crippen LogP) is 3.07. The molecule has 0 aliphatic heterocycles. The fourth-order valence-corrected chi connectivity index (χ4v) is 3.83. The lowest BCUT2D eigenvalue weighted by molar-refractivity contribution is -0.120. The van der Waals surface area contributed by atoms with Crippen molar-refractivity contribution in [2.24, 2.45) is 0 Å². The molecule has 5 nitrogen and oxygen atoms in total. The van der Waals surface area contributed by atoms with Gasteiger partial charge in [-0.25, -0.2) is 13.4 Å². The van der Waals surface area contributed by atoms with E-state index in [-0.39, 0.29) is 17.2 Å². The number of thiazole rings is 1. The number of nitrogens with zero attached hydrogens (tertiary/aromatic N) is 1. The number of carbonyl (C=O) groups is 1. The minimum atomic E-state index is -3.21. The third kappa shape index (κ3) is 4.77. The third-order valence-corrected chi connectivity index (χ3v) is 5.75. The summed E-state index contributed by atoms with van der Waals surface area (Å²) in [5.74, 6) is -0.0813. The van der Waals surface area contributed by atoms with Crippen LogP contribution >= 0.6 is 11.3 Å². The van der Waals surface area contributed by atoms with E-state index in [2.05, 4.69) is 10.3 Å². The van der Waals surface area contributed by atoms with Gasteiger partial charge in [0.15, 0.2) is 9.84 Å². The van der Waals surface area contributed by atoms with Crippen LogP contribution in [0.25, 0.3) is 11.3 Å². The van der Waals surface area contributed by atoms with Gasteiger partial charge in [0.1, 0.15) is 5.01 Å². The Morgan fingerprint density at radius 1 is 1.08 bits per heavy atom. The van der Waals surface area contributed by atoms with E-state index in [1.54, 1.807) is 24.3 Å². The summed E-state index contributed by atoms with van der Waals surface area (Å²) in [6.07, 6.45) is 1.40. The van der Waals surface area contributed by atoms with Gasteiger partial charge in [0.2, 0.25) is 5.91 Å². The van der Waals surface area contributed by atoms with Crippen LogP contribution in [0.15, 0.2) is 64.9 Å². The van der Waals surface area contributed by atoms with E-state index >= 15 is 0 Å². The first-order chi connectivity index (χ1) is 12.4. The highest BCUT2D eigenvalue weighted by atomic mass is 32.2. The zero-order chi connectivity index (χ0) is 18.6. The zero-order valence-corrected chi connectivity index (χ0v) is 15.8. The number of amides is 1. The van der Waals surface area contributed by atoms with Gasteiger partial charge in [-0.3, -0.25) is 4.79 Å². The molecule has 0 unspecified atom stereocenters. The van der Waals surface area contributed by atoms with Crippen LogP contribution in [0.5, 0.6) is 0 Å². The SMILES string of the molecule is CS(=O)(=O)c1ccc(-c2csc(CC(=O)NCc3ccccc3)n2)cc1. The van der Waals surface area contributed by atoms with Crippen LogP contribution < -0.4 is 5.32 Å². The molecule has 2 aromatic carbocycles. The molecule has 1 amide bonds. The molecule has 7 heteroatoms. The first-order valence-corrected chi connectivity index (χ1v) is 10.7. The Bertz CT molecular complexity index is 995. The fourth-order valence-electron chi connectivity index (χ4n) is 2.39. The topological polar surface area (TPSA) is 76.1 Å². The van der Waals surface area contributed by atoms with Crippen molar-refractivity contribution in [3.63, 3.8) is 0 Å². The Balaban J connectivity index is 1.61. The second kappa shape index (κ2) is 7.80. The average Bonchev–Trinajstić information content (AvgIpc) is 3.09. The van der Waals surface area contributed by atoms with Gasteiger partial charge in [-0.2, -0.15) is 0 Å². The number of carbonyl (C=O) groups excluding carboxylic acids is 1. The second-order valence-electron chi connectivity index (χ2n) is 5.86. The lowest BCUT2D eigenvalue weighted by Crippen LogP contribution is -2.24. The maximum Gasteiger partial charge on any atom is 0.227 e. The zero-order valence-electron chi connectivity index (χ0n) is 14.2. The van der Waals surface area contributed by atoms with Crippen molar-refractivity contribution < 1.29 is 13.2 Å². The van der Waals surface area contributed by atoms with E-state index in [4.69, 9.17) is 0 Å². The summed E-state index contributed by atoms with van der Waals surface area (Å²) >= 11 is 1.41. The molecular formula is C19H18N2O3S2. The van der Waals surface area contributed by atoms with Gasteiger partial charge in [-0.15, -0.1) is 11.3 Å². The van der Waals surface area contributed by atoms with Crippen molar-refractivity contribution in [2.45, 2.75) is 17.9 Å². The molecule has 0 atom stereocenters. The minimum absolute atomic E-state index is 0.0813. The number of aromatic nitrogens is 1. The molecule has 1 aromatic heterocycles. The van der Waals surface area contributed by atoms with Crippen LogP contribution in [0.2, 0.25) is 0 Å². The van der Waals surface area contributed by atoms with Crippen LogP contribution in [0.4, 0.5) is 0 Å². The van der Waals surface area contributed by atoms with Gasteiger partial charge in [0.05, 0.1) is 17.0 Å². The first kappa shape index (κ1) is 18.3. The Morgan fingerprint density at radius 2 is 1.77 bits per heavy atom. The summed E-state index contributed by atoms with van der Waals surface area (Å²) in [7, 11) is -3.21. The lowest BCUT2D eigenvalue weighted by atomic mass is 10.2. The van der Waals surface area contributed by atoms with E-state index in [0.29, 0.717) is 6.54 Å². The standard InChI is InChI=1S/C19H18N2O3S2/c1-26(23,24)16-9-7-15(8-10-16)17-13-25-19(21-17)11-18(22)20-12-14-5-3-2-4-6-14/h2-10,13H,11-12H2,1H3,(H,20,22). The van der Waals surface area contributed by atoms with Crippen LogP contribution in [-0.2, 0) is 27.6 Å². The Hall–Kier alpha value is -2.51. The molecule has 3 rings (SSSR count). The van der Waals surface area contributed by atoms with Crippen molar-refractivity contribution in [1.82, 2.24) is 10.3 Å². The Labute approximate surface area is 156 Å². The second-order valence-corrected chi connectivity index (χ2v) is 8.82. The maximum atomic E-state index is 12.1. The monoisotopic (exact) mass is 386 g/mol. The molecule has 0 spiro atoms. The van der Waals surface area contributed by atoms with E-state index in [1.807, 2.05) is 35.7 Å². The summed E-state index contributed by atoms with van der Waals surface area (Å²) in [6.45, 7) is 0.491. The van der Waals surface area contributed by atoms with Crippen molar-refractivity contribution in [1.29, 1.82) is 0 Å². The molecule has 1 N–H and O–H groups in total. The molecule has 0 aliphatic rings. The number of sulfone groups is 1. The van der Waals surface area contributed by atoms with Crippen LogP contribution in [-0.4, -0.2) is 25.6 Å². The van der Waals surface area contributed by atoms with Crippen LogP contribution in [0, 0.1) is 0 Å². The Kier molecular flexibility index (Phi) is 5.49. The van der Waals surface area contributed by atoms with Gasteiger partial charge >= 0.3 is 0 Å². The molecule has 0 aliphatic carbocycles. The maximum absolute atomic E-state index is 12.1. The number of nitrogens with one attached hydrogen (secondary N) is 1. The van der Waals surface area contributed by atoms with Crippen molar-refractivity contribution >= 4 is 27.1 Å². The van der Waals surface area contributed by atoms with Gasteiger partial charge < -0.3 is 5.32 Å². The predicted molar refractivity (Wildman–Crippen MR) is 103 cm³/mol. The smallest absolute Gasteiger partial charge is 0.227 e. The van der Waals surface area contributed by atoms with Crippen LogP contribution in [0.1, 0.15) is 10.6 Å². The van der Waals surface area contributed by atoms with Crippen LogP contribution in [0.3, 0.4) is 0 Å². The molecule has 0 bridgehead atoms. The third-order valence-electron chi connectivity index (χ3n) is 3.77. The Morgan fingerprint density at radius 3 is 2.42 bits per heavy atom. The quantitative estimate of drug-likeness (QED) is 0.706. The summed E-state index contributed by atoms with van der Waals surface area (Å²) in [5.41, 5.74) is 2.61. The summed E-state index contributed by atoms with van der Waals surface area (Å²) < 4.78 is 23.0. The fraction of sp³-hybridized carbons (Fsp3) is 0.158. The molecule has 0 saturated heterocycles. The average molecular weight is 386 g/mol. The highest BCUT2D eigenvalue weighted by molar-refractivity contribution is 7.90. The molecular weight excluding hydrogens is 368 g/mol. The summed E-state index contributed by atoms with van der Waals surface area (Å²) in [4.78, 5) is 16.8. The molecule has 0 fully saturated rings. The first-order valence-electron chi connectivity index (χ1n) is 7.97. The number of hydrogen-bond donors (Lipinski definition) is 1. The van der Waals surface area contributed by atoms with E-state index in [9.17, 15) is 13.2 Å². The highest BCUT2D eigenvalue weighted by Crippen LogP contribution is 2.23. The molecule has 134 valence electrons. The van der Waals surface area contributed by atoms with Gasteiger partial charge in [-0.05, 0) is 17.7 Å². The van der Waals surface area contributed by atoms with Gasteiger partial charge in [0.25, 0.3) is 0 Å². The van der Waals surface area contributed by atoms with E-state index in [1.165, 1.54) is 17.6 Å². The molecule has 0 saturated carbocycles. The minimum Gasteiger partial charge on any atom is -0.352 e. The molecule has 3 aromatic rings.